The van der Waals surface area contributed by atoms with Crippen molar-refractivity contribution in [1.82, 2.24) is 0 Å². The number of nitrogens with two attached hydrogens (primary N) is 1. The molecule has 3 nitrogen and oxygen atoms in total. The maximum Gasteiger partial charge on any atom is 0.244 e. The Morgan fingerprint density at radius 2 is 2.25 bits per heavy atom. The summed E-state index contributed by atoms with van der Waals surface area (Å²) in [5, 5.41) is 0. The van der Waals surface area contributed by atoms with Crippen molar-refractivity contribution in [1.29, 1.82) is 0 Å². The number of carbonyl (C=O) groups is 1. The van der Waals surface area contributed by atoms with Gasteiger partial charge in [-0.1, -0.05) is 25.1 Å². The molecule has 1 amide bonds. The van der Waals surface area contributed by atoms with Gasteiger partial charge in [0.15, 0.2) is 0 Å². The highest BCUT2D eigenvalue weighted by atomic mass is 16.2. The Balaban J connectivity index is 2.32. The van der Waals surface area contributed by atoms with E-state index in [9.17, 15) is 4.79 Å². The Morgan fingerprint density at radius 3 is 2.94 bits per heavy atom. The van der Waals surface area contributed by atoms with Gasteiger partial charge in [0, 0.05) is 11.7 Å². The third-order valence-corrected chi connectivity index (χ3v) is 3.20. The van der Waals surface area contributed by atoms with Gasteiger partial charge in [0.2, 0.25) is 5.91 Å². The summed E-state index contributed by atoms with van der Waals surface area (Å²) in [5.74, 6) is 0.0416. The number of amides is 1. The summed E-state index contributed by atoms with van der Waals surface area (Å²) in [7, 11) is 0. The van der Waals surface area contributed by atoms with Crippen LogP contribution >= 0.6 is 0 Å². The molecule has 86 valence electrons. The number of anilines is 1. The Labute approximate surface area is 96.2 Å². The fourth-order valence-electron chi connectivity index (χ4n) is 2.25. The number of carbonyl (C=O) groups excluding carboxylic acids is 1. The van der Waals surface area contributed by atoms with E-state index in [1.807, 2.05) is 30.0 Å². The van der Waals surface area contributed by atoms with Crippen LogP contribution < -0.4 is 10.6 Å². The molecule has 0 saturated carbocycles. The van der Waals surface area contributed by atoms with E-state index in [-0.39, 0.29) is 18.0 Å². The monoisotopic (exact) mass is 218 g/mol. The van der Waals surface area contributed by atoms with Gasteiger partial charge in [0.05, 0.1) is 6.04 Å². The number of benzene rings is 1. The first-order valence-corrected chi connectivity index (χ1v) is 5.81. The average molecular weight is 218 g/mol. The van der Waals surface area contributed by atoms with Crippen LogP contribution in [0.2, 0.25) is 0 Å². The minimum absolute atomic E-state index is 0.0416. The molecule has 1 aliphatic rings. The molecule has 1 aliphatic heterocycles. The zero-order valence-corrected chi connectivity index (χ0v) is 9.81. The molecule has 1 unspecified atom stereocenters. The van der Waals surface area contributed by atoms with Crippen molar-refractivity contribution in [2.75, 3.05) is 4.90 Å². The maximum absolute atomic E-state index is 12.2. The fourth-order valence-corrected chi connectivity index (χ4v) is 2.25. The average Bonchev–Trinajstić information content (AvgIpc) is 2.63. The highest BCUT2D eigenvalue weighted by Gasteiger charge is 2.32. The molecule has 0 saturated heterocycles. The summed E-state index contributed by atoms with van der Waals surface area (Å²) in [6.45, 7) is 4.01. The van der Waals surface area contributed by atoms with Gasteiger partial charge in [-0.2, -0.15) is 0 Å². The molecule has 0 bridgehead atoms. The molecule has 1 aromatic carbocycles. The van der Waals surface area contributed by atoms with Crippen LogP contribution in [0.5, 0.6) is 0 Å². The lowest BCUT2D eigenvalue weighted by molar-refractivity contribution is -0.120. The van der Waals surface area contributed by atoms with Crippen molar-refractivity contribution >= 4 is 11.6 Å². The summed E-state index contributed by atoms with van der Waals surface area (Å²) in [6, 6.07) is 7.90. The lowest BCUT2D eigenvalue weighted by atomic mass is 10.1. The zero-order valence-electron chi connectivity index (χ0n) is 9.81. The second-order valence-electron chi connectivity index (χ2n) is 4.40. The number of hydrogen-bond donors (Lipinski definition) is 1. The molecule has 0 aliphatic carbocycles. The van der Waals surface area contributed by atoms with Crippen LogP contribution in [0.25, 0.3) is 0 Å². The van der Waals surface area contributed by atoms with Gasteiger partial charge in [-0.3, -0.25) is 4.79 Å². The van der Waals surface area contributed by atoms with Crippen LogP contribution in [0.3, 0.4) is 0 Å². The molecule has 16 heavy (non-hydrogen) atoms. The largest absolute Gasteiger partial charge is 0.320 e. The fraction of sp³-hybridized carbons (Fsp3) is 0.462. The normalized spacial score (nSPS) is 20.7. The number of hydrogen-bond acceptors (Lipinski definition) is 2. The first-order chi connectivity index (χ1) is 7.65. The van der Waals surface area contributed by atoms with Crippen molar-refractivity contribution in [2.45, 2.75) is 38.8 Å². The standard InChI is InChI=1S/C13H18N2O/c1-3-11(14)13(16)15-9(2)8-10-6-4-5-7-12(10)15/h4-7,9,11H,3,8,14H2,1-2H3/t9?,11-/m1/s1. The van der Waals surface area contributed by atoms with Crippen molar-refractivity contribution in [3.63, 3.8) is 0 Å². The lowest BCUT2D eigenvalue weighted by Gasteiger charge is -2.25. The smallest absolute Gasteiger partial charge is 0.244 e. The van der Waals surface area contributed by atoms with Gasteiger partial charge in [-0.15, -0.1) is 0 Å². The Morgan fingerprint density at radius 1 is 1.56 bits per heavy atom. The minimum Gasteiger partial charge on any atom is -0.320 e. The van der Waals surface area contributed by atoms with Gasteiger partial charge in [-0.05, 0) is 31.4 Å². The number of fused-ring (bicyclic) bond motifs is 1. The van der Waals surface area contributed by atoms with E-state index in [1.54, 1.807) is 0 Å². The molecule has 0 spiro atoms. The highest BCUT2D eigenvalue weighted by molar-refractivity contribution is 5.99. The summed E-state index contributed by atoms with van der Waals surface area (Å²) in [5.41, 5.74) is 8.10. The second kappa shape index (κ2) is 4.26. The topological polar surface area (TPSA) is 46.3 Å². The van der Waals surface area contributed by atoms with E-state index in [0.717, 1.165) is 12.1 Å². The Bertz CT molecular complexity index is 403. The molecule has 3 heteroatoms. The number of rotatable bonds is 2. The number of para-hydroxylation sites is 1. The Hall–Kier alpha value is -1.35. The van der Waals surface area contributed by atoms with Gasteiger partial charge >= 0.3 is 0 Å². The molecule has 0 fully saturated rings. The third-order valence-electron chi connectivity index (χ3n) is 3.20. The van der Waals surface area contributed by atoms with Crippen LogP contribution in [-0.4, -0.2) is 18.0 Å². The summed E-state index contributed by atoms with van der Waals surface area (Å²) in [6.07, 6.45) is 1.61. The molecule has 0 radical (unpaired) electrons. The van der Waals surface area contributed by atoms with E-state index in [1.165, 1.54) is 5.56 Å². The van der Waals surface area contributed by atoms with Crippen LogP contribution in [0.15, 0.2) is 24.3 Å². The quantitative estimate of drug-likeness (QED) is 0.821. The van der Waals surface area contributed by atoms with Crippen LogP contribution in [0.4, 0.5) is 5.69 Å². The second-order valence-corrected chi connectivity index (χ2v) is 4.40. The van der Waals surface area contributed by atoms with E-state index in [2.05, 4.69) is 13.0 Å². The van der Waals surface area contributed by atoms with E-state index >= 15 is 0 Å². The first kappa shape index (κ1) is 11.1. The molecule has 2 rings (SSSR count). The first-order valence-electron chi connectivity index (χ1n) is 5.81. The summed E-state index contributed by atoms with van der Waals surface area (Å²) in [4.78, 5) is 14.0. The van der Waals surface area contributed by atoms with Crippen molar-refractivity contribution < 1.29 is 4.79 Å². The van der Waals surface area contributed by atoms with Crippen molar-refractivity contribution in [3.05, 3.63) is 29.8 Å². The van der Waals surface area contributed by atoms with E-state index in [4.69, 9.17) is 5.73 Å². The predicted octanol–water partition coefficient (Wildman–Crippen LogP) is 1.70. The maximum atomic E-state index is 12.2. The minimum atomic E-state index is -0.381. The predicted molar refractivity (Wildman–Crippen MR) is 65.4 cm³/mol. The van der Waals surface area contributed by atoms with Gasteiger partial charge in [0.25, 0.3) is 0 Å². The lowest BCUT2D eigenvalue weighted by Crippen LogP contribution is -2.46. The third kappa shape index (κ3) is 1.71. The van der Waals surface area contributed by atoms with Gasteiger partial charge in [0.1, 0.15) is 0 Å². The summed E-state index contributed by atoms with van der Waals surface area (Å²) < 4.78 is 0. The van der Waals surface area contributed by atoms with Crippen LogP contribution in [0, 0.1) is 0 Å². The van der Waals surface area contributed by atoms with Crippen LogP contribution in [0.1, 0.15) is 25.8 Å². The van der Waals surface area contributed by atoms with Gasteiger partial charge in [-0.25, -0.2) is 0 Å². The Kier molecular flexibility index (Phi) is 2.97. The molecule has 2 N–H and O–H groups in total. The zero-order chi connectivity index (χ0) is 11.7. The molecule has 1 aromatic rings. The van der Waals surface area contributed by atoms with Crippen molar-refractivity contribution in [3.8, 4) is 0 Å². The van der Waals surface area contributed by atoms with Crippen molar-refractivity contribution in [2.24, 2.45) is 5.73 Å². The molecular formula is C13H18N2O. The van der Waals surface area contributed by atoms with E-state index < -0.39 is 0 Å². The molecule has 2 atom stereocenters. The molecule has 0 aromatic heterocycles. The van der Waals surface area contributed by atoms with Crippen LogP contribution in [-0.2, 0) is 11.2 Å². The SMILES string of the molecule is CC[C@@H](N)C(=O)N1c2ccccc2CC1C. The van der Waals surface area contributed by atoms with E-state index in [0.29, 0.717) is 6.42 Å². The number of nitrogens with zero attached hydrogens (tertiary/aromatic N) is 1. The highest BCUT2D eigenvalue weighted by Crippen LogP contribution is 2.32. The van der Waals surface area contributed by atoms with Gasteiger partial charge < -0.3 is 10.6 Å². The molecule has 1 heterocycles. The molecular weight excluding hydrogens is 200 g/mol. The summed E-state index contributed by atoms with van der Waals surface area (Å²) >= 11 is 0.